The van der Waals surface area contributed by atoms with Gasteiger partial charge in [0.1, 0.15) is 12.2 Å². The third kappa shape index (κ3) is 23.6. The normalized spacial score (nSPS) is 20.2. The summed E-state index contributed by atoms with van der Waals surface area (Å²) in [7, 11) is 2.39. The third-order valence-corrected chi connectivity index (χ3v) is 16.5. The van der Waals surface area contributed by atoms with Gasteiger partial charge in [0.25, 0.3) is 22.4 Å². The van der Waals surface area contributed by atoms with Gasteiger partial charge in [0.15, 0.2) is 25.8 Å². The monoisotopic (exact) mass is 1590 g/mol. The van der Waals surface area contributed by atoms with E-state index in [4.69, 9.17) is 9.47 Å². The molecule has 2 fully saturated rings. The molecule has 18 nitrogen and oxygen atoms in total. The summed E-state index contributed by atoms with van der Waals surface area (Å²) in [6.07, 6.45) is -71.9. The number of carbonyl (C=O) groups excluding carboxylic acids is 6. The van der Waals surface area contributed by atoms with E-state index in [1.165, 1.54) is 55.8 Å². The minimum absolute atomic E-state index is 0.0184. The molecule has 0 bridgehead atoms. The molecule has 6 atom stereocenters. The van der Waals surface area contributed by atoms with Gasteiger partial charge in [-0.05, 0) is 106 Å². The highest BCUT2D eigenvalue weighted by atomic mass is 19.5. The summed E-state index contributed by atoms with van der Waals surface area (Å²) in [4.78, 5) is 69.2. The number of hydrogen-bond donors (Lipinski definition) is 4. The topological polar surface area (TPSA) is 257 Å². The van der Waals surface area contributed by atoms with Gasteiger partial charge in [0.05, 0.1) is 10.8 Å². The fourth-order valence-corrected chi connectivity index (χ4v) is 9.46. The molecule has 2 saturated carbocycles. The van der Waals surface area contributed by atoms with E-state index in [0.29, 0.717) is 6.42 Å². The number of carbonyl (C=O) groups is 6. The SMILES string of the molecule is C=C(C)C(=O)OC(CC)C(F)(F)C(=O)OCOC.C=C(C)C(=O)OC1CC(C(O)(C(F)(F)F)C(F)(F)F)CC(C(O)(C(F)(F)F)C(F)(F)F)C1.CCC(C)(C)C(=O)OC1CC(C(O)(C(F)(F)F)C(F)(F)F)CC(C(O)(C(F)(F)F)C(F)(F)F)C1.CCC(OC(=O)C(C)(C)CC)C(F)(F)C(=O)OCOC. The number of rotatable bonds is 24. The number of hydrogen-bond acceptors (Lipinski definition) is 18. The summed E-state index contributed by atoms with van der Waals surface area (Å²) in [5.74, 6) is -29.5. The van der Waals surface area contributed by atoms with E-state index >= 15 is 0 Å². The summed E-state index contributed by atoms with van der Waals surface area (Å²) in [6.45, 7) is 18.8. The molecule has 2 aliphatic carbocycles. The van der Waals surface area contributed by atoms with Crippen molar-refractivity contribution in [3.63, 3.8) is 0 Å². The Morgan fingerprint density at radius 2 is 0.596 bits per heavy atom. The zero-order valence-corrected chi connectivity index (χ0v) is 56.6. The molecule has 0 aliphatic heterocycles. The number of methoxy groups -OCH3 is 2. The Hall–Kier alpha value is -5.90. The van der Waals surface area contributed by atoms with Crippen LogP contribution >= 0.6 is 0 Å². The van der Waals surface area contributed by atoms with Gasteiger partial charge in [-0.1, -0.05) is 40.9 Å². The van der Waals surface area contributed by atoms with Crippen LogP contribution in [0.15, 0.2) is 24.3 Å². The van der Waals surface area contributed by atoms with E-state index in [1.54, 1.807) is 20.8 Å². The molecule has 2 rings (SSSR count). The van der Waals surface area contributed by atoms with E-state index in [9.17, 15) is 172 Å². The Balaban J connectivity index is 0. The van der Waals surface area contributed by atoms with Gasteiger partial charge in [-0.3, -0.25) is 9.59 Å². The van der Waals surface area contributed by atoms with Crippen molar-refractivity contribution in [2.75, 3.05) is 27.8 Å². The van der Waals surface area contributed by atoms with Gasteiger partial charge < -0.3 is 58.3 Å². The van der Waals surface area contributed by atoms with Crippen LogP contribution in [0.5, 0.6) is 0 Å². The van der Waals surface area contributed by atoms with Crippen molar-refractivity contribution >= 4 is 35.8 Å². The molecule has 0 saturated heterocycles. The first-order valence-electron chi connectivity index (χ1n) is 29.7. The number of halogens is 28. The van der Waals surface area contributed by atoms with Crippen LogP contribution in [-0.2, 0) is 66.7 Å². The summed E-state index contributed by atoms with van der Waals surface area (Å²) in [5.41, 5.74) is -25.9. The zero-order valence-electron chi connectivity index (χ0n) is 56.6. The molecule has 46 heteroatoms. The van der Waals surface area contributed by atoms with E-state index < -0.39 is 236 Å². The Bertz CT molecular complexity index is 2710. The highest BCUT2D eigenvalue weighted by Gasteiger charge is 2.81. The van der Waals surface area contributed by atoms with Crippen molar-refractivity contribution in [1.82, 2.24) is 0 Å². The maximum absolute atomic E-state index is 13.9. The molecule has 0 radical (unpaired) electrons. The lowest BCUT2D eigenvalue weighted by atomic mass is 9.65. The smallest absolute Gasteiger partial charge is 0.426 e. The van der Waals surface area contributed by atoms with Crippen LogP contribution < -0.4 is 0 Å². The molecule has 2 aliphatic rings. The lowest BCUT2D eigenvalue weighted by molar-refractivity contribution is -0.406. The maximum Gasteiger partial charge on any atom is 0.426 e. The largest absolute Gasteiger partial charge is 0.462 e. The van der Waals surface area contributed by atoms with E-state index in [2.05, 4.69) is 41.6 Å². The minimum Gasteiger partial charge on any atom is -0.462 e. The van der Waals surface area contributed by atoms with Crippen LogP contribution in [-0.4, -0.2) is 192 Å². The predicted molar refractivity (Wildman–Crippen MR) is 294 cm³/mol. The molecule has 0 heterocycles. The van der Waals surface area contributed by atoms with Crippen LogP contribution in [0, 0.1) is 34.5 Å². The van der Waals surface area contributed by atoms with E-state index in [0.717, 1.165) is 6.92 Å². The van der Waals surface area contributed by atoms with Crippen LogP contribution in [0.4, 0.5) is 123 Å². The van der Waals surface area contributed by atoms with Crippen molar-refractivity contribution in [3.05, 3.63) is 24.3 Å². The first-order chi connectivity index (χ1) is 46.1. The van der Waals surface area contributed by atoms with E-state index in [1.807, 2.05) is 0 Å². The summed E-state index contributed by atoms with van der Waals surface area (Å²) >= 11 is 0. The average molecular weight is 1590 g/mol. The minimum atomic E-state index is -6.59. The maximum atomic E-state index is 13.9. The van der Waals surface area contributed by atoms with Gasteiger partial charge in [-0.25, -0.2) is 19.2 Å². The fourth-order valence-electron chi connectivity index (χ4n) is 9.46. The fraction of sp³-hybridized carbons (Fsp3) is 0.828. The van der Waals surface area contributed by atoms with Gasteiger partial charge in [-0.15, -0.1) is 0 Å². The molecule has 4 N–H and O–H groups in total. The van der Waals surface area contributed by atoms with Crippen molar-refractivity contribution in [3.8, 4) is 0 Å². The predicted octanol–water partition coefficient (Wildman–Crippen LogP) is 14.3. The van der Waals surface area contributed by atoms with Crippen molar-refractivity contribution in [2.24, 2.45) is 34.5 Å². The number of aliphatic hydroxyl groups is 4. The lowest BCUT2D eigenvalue weighted by Gasteiger charge is -2.48. The van der Waals surface area contributed by atoms with E-state index in [-0.39, 0.29) is 24.8 Å². The Morgan fingerprint density at radius 3 is 0.808 bits per heavy atom. The van der Waals surface area contributed by atoms with Crippen LogP contribution in [0.3, 0.4) is 0 Å². The molecule has 104 heavy (non-hydrogen) atoms. The molecule has 0 aromatic rings. The lowest BCUT2D eigenvalue weighted by Crippen LogP contribution is -2.67. The molecule has 6 unspecified atom stereocenters. The Morgan fingerprint density at radius 1 is 0.365 bits per heavy atom. The van der Waals surface area contributed by atoms with Crippen molar-refractivity contribution in [2.45, 2.75) is 242 Å². The van der Waals surface area contributed by atoms with Gasteiger partial charge in [0, 0.05) is 49.0 Å². The second-order valence-electron chi connectivity index (χ2n) is 24.9. The number of ether oxygens (including phenoxy) is 8. The quantitative estimate of drug-likeness (QED) is 0.0230. The highest BCUT2D eigenvalue weighted by Crippen LogP contribution is 2.60. The molecule has 0 amide bonds. The molecule has 0 aromatic carbocycles. The molecule has 0 spiro atoms. The second-order valence-corrected chi connectivity index (χ2v) is 24.9. The standard InChI is InChI=1S/C18H22F12O4.C16H16F12O4.C13H22F2O5.C11H16F2O5/c1-4-12(2,3)11(31)34-10-6-8(13(32,15(19,20)21)16(22,23)24)5-9(7-10)14(33,17(25,26)27)18(28,29)30;1-6(2)10(29)32-9-4-7(11(30,13(17,18)19)14(20,21)22)3-8(5-9)12(31,15(23,24)25)16(26,27)28;1-6-9(20-10(16)12(3,4)7-2)13(14,15)11(17)19-8-18-5;1-5-8(18-9(14)7(2)3)11(12,13)10(15)17-6-16-4/h8-10,32-33H,4-7H2,1-3H3;7-9,30-31H,1,3-5H2,2H3;9H,6-8H2,1-5H3;8H,2,5-6H2,1,3-4H3. The van der Waals surface area contributed by atoms with Crippen LogP contribution in [0.1, 0.15) is 133 Å². The first kappa shape index (κ1) is 100. The van der Waals surface area contributed by atoms with Gasteiger partial charge in [-0.2, -0.15) is 123 Å². The van der Waals surface area contributed by atoms with Crippen molar-refractivity contribution in [1.29, 1.82) is 0 Å². The summed E-state index contributed by atoms with van der Waals surface area (Å²) in [5, 5.41) is 38.3. The van der Waals surface area contributed by atoms with Crippen LogP contribution in [0.25, 0.3) is 0 Å². The summed E-state index contributed by atoms with van der Waals surface area (Å²) < 4.78 is 409. The summed E-state index contributed by atoms with van der Waals surface area (Å²) in [6, 6.07) is 0. The highest BCUT2D eigenvalue weighted by molar-refractivity contribution is 5.88. The first-order valence-corrected chi connectivity index (χ1v) is 29.7. The molecular formula is C58H76F28O18. The second kappa shape index (κ2) is 35.9. The van der Waals surface area contributed by atoms with Crippen LogP contribution in [0.2, 0.25) is 0 Å². The number of alkyl halides is 28. The van der Waals surface area contributed by atoms with Crippen molar-refractivity contribution < 1.29 is 210 Å². The number of esters is 6. The Kier molecular flexibility index (Phi) is 34.5. The Labute approximate surface area is 573 Å². The van der Waals surface area contributed by atoms with Gasteiger partial charge in [0.2, 0.25) is 0 Å². The van der Waals surface area contributed by atoms with Gasteiger partial charge >= 0.3 is 97.1 Å². The molecule has 0 aromatic heterocycles. The zero-order chi connectivity index (χ0) is 83.4. The average Bonchev–Trinajstić information content (AvgIpc) is 0.726. The molecule has 612 valence electrons. The third-order valence-electron chi connectivity index (χ3n) is 16.5. The molecular weight excluding hydrogens is 1520 g/mol.